The predicted octanol–water partition coefficient (Wildman–Crippen LogP) is 5.87. The highest BCUT2D eigenvalue weighted by molar-refractivity contribution is 9.10. The summed E-state index contributed by atoms with van der Waals surface area (Å²) in [6.45, 7) is 8.07. The van der Waals surface area contributed by atoms with Crippen molar-refractivity contribution in [3.63, 3.8) is 0 Å². The maximum atomic E-state index is 11.1. The van der Waals surface area contributed by atoms with E-state index in [1.807, 2.05) is 0 Å². The highest BCUT2D eigenvalue weighted by atomic mass is 79.9. The molecule has 5 rings (SSSR count). The van der Waals surface area contributed by atoms with Crippen LogP contribution in [0.4, 0.5) is 5.69 Å². The molecule has 1 aromatic carbocycles. The van der Waals surface area contributed by atoms with Crippen LogP contribution in [0.3, 0.4) is 0 Å². The van der Waals surface area contributed by atoms with E-state index < -0.39 is 4.92 Å². The summed E-state index contributed by atoms with van der Waals surface area (Å²) < 4.78 is 0.566. The van der Waals surface area contributed by atoms with Gasteiger partial charge in [0.1, 0.15) is 0 Å². The lowest BCUT2D eigenvalue weighted by Gasteiger charge is -2.69. The fraction of sp³-hybridized carbons (Fsp3) is 0.667. The van der Waals surface area contributed by atoms with Crippen LogP contribution in [0, 0.1) is 31.8 Å². The molecule has 4 fully saturated rings. The molecular formula is C21H27BrN2O3. The van der Waals surface area contributed by atoms with Gasteiger partial charge in [-0.15, -0.1) is 0 Å². The first-order valence-electron chi connectivity index (χ1n) is 9.62. The predicted molar refractivity (Wildman–Crippen MR) is 109 cm³/mol. The van der Waals surface area contributed by atoms with Crippen LogP contribution in [0.5, 0.6) is 5.75 Å². The number of aromatic hydroxyl groups is 1. The molecule has 1 N–H and O–H groups in total. The third-order valence-electron chi connectivity index (χ3n) is 6.90. The van der Waals surface area contributed by atoms with Gasteiger partial charge in [0.05, 0.1) is 4.92 Å². The second kappa shape index (κ2) is 5.79. The lowest BCUT2D eigenvalue weighted by Crippen LogP contribution is -2.59. The molecule has 0 unspecified atom stereocenters. The van der Waals surface area contributed by atoms with Gasteiger partial charge < -0.3 is 5.11 Å². The van der Waals surface area contributed by atoms with E-state index in [1.54, 1.807) is 12.3 Å². The monoisotopic (exact) mass is 434 g/mol. The smallest absolute Gasteiger partial charge is 0.312 e. The number of phenolic OH excluding ortho intramolecular Hbond substituents is 1. The van der Waals surface area contributed by atoms with E-state index in [1.165, 1.54) is 44.6 Å². The Balaban J connectivity index is 1.60. The molecule has 0 heterocycles. The second-order valence-electron chi connectivity index (χ2n) is 10.6. The first kappa shape index (κ1) is 18.9. The van der Waals surface area contributed by atoms with Crippen LogP contribution in [0.15, 0.2) is 21.6 Å². The van der Waals surface area contributed by atoms with E-state index in [-0.39, 0.29) is 16.9 Å². The number of nitrogens with zero attached hydrogens (tertiary/aromatic N) is 2. The largest absolute Gasteiger partial charge is 0.502 e. The molecule has 0 aliphatic heterocycles. The number of phenols is 1. The van der Waals surface area contributed by atoms with Crippen molar-refractivity contribution in [1.82, 2.24) is 0 Å². The van der Waals surface area contributed by atoms with Gasteiger partial charge in [-0.3, -0.25) is 15.1 Å². The normalized spacial score (nSPS) is 40.0. The molecule has 0 saturated heterocycles. The molecule has 0 aromatic heterocycles. The van der Waals surface area contributed by atoms with Gasteiger partial charge in [-0.1, -0.05) is 36.7 Å². The topological polar surface area (TPSA) is 75.7 Å². The third kappa shape index (κ3) is 3.30. The zero-order valence-electron chi connectivity index (χ0n) is 16.2. The summed E-state index contributed by atoms with van der Waals surface area (Å²) in [4.78, 5) is 15.2. The number of nitro groups is 1. The number of hydrogen-bond acceptors (Lipinski definition) is 4. The molecule has 6 heteroatoms. The Morgan fingerprint density at radius 1 is 1.11 bits per heavy atom. The average molecular weight is 435 g/mol. The fourth-order valence-electron chi connectivity index (χ4n) is 7.91. The van der Waals surface area contributed by atoms with Crippen molar-refractivity contribution in [2.24, 2.45) is 26.7 Å². The zero-order valence-corrected chi connectivity index (χ0v) is 17.8. The van der Waals surface area contributed by atoms with E-state index in [2.05, 4.69) is 36.7 Å². The van der Waals surface area contributed by atoms with E-state index in [4.69, 9.17) is 4.99 Å². The van der Waals surface area contributed by atoms with Crippen molar-refractivity contribution in [3.05, 3.63) is 32.3 Å². The van der Waals surface area contributed by atoms with Crippen LogP contribution in [0.25, 0.3) is 0 Å². The minimum Gasteiger partial charge on any atom is -0.502 e. The van der Waals surface area contributed by atoms with E-state index in [0.717, 1.165) is 6.54 Å². The Morgan fingerprint density at radius 2 is 1.63 bits per heavy atom. The number of halogens is 1. The third-order valence-corrected chi connectivity index (χ3v) is 7.36. The van der Waals surface area contributed by atoms with Gasteiger partial charge in [-0.25, -0.2) is 0 Å². The van der Waals surface area contributed by atoms with Crippen LogP contribution >= 0.6 is 15.9 Å². The molecule has 0 spiro atoms. The summed E-state index contributed by atoms with van der Waals surface area (Å²) >= 11 is 3.28. The number of aliphatic imine (C=N–C) groups is 1. The van der Waals surface area contributed by atoms with Crippen LogP contribution in [0.1, 0.15) is 64.9 Å². The van der Waals surface area contributed by atoms with Gasteiger partial charge in [-0.2, -0.15) is 0 Å². The molecule has 0 radical (unpaired) electrons. The molecule has 0 amide bonds. The number of nitro benzene ring substituents is 1. The first-order valence-corrected chi connectivity index (χ1v) is 10.4. The second-order valence-corrected chi connectivity index (χ2v) is 11.5. The highest BCUT2D eigenvalue weighted by Gasteiger charge is 2.63. The maximum absolute atomic E-state index is 11.1. The molecule has 27 heavy (non-hydrogen) atoms. The summed E-state index contributed by atoms with van der Waals surface area (Å²) in [6, 6.07) is 2.99. The molecule has 4 aliphatic carbocycles. The van der Waals surface area contributed by atoms with Gasteiger partial charge in [0, 0.05) is 28.9 Å². The highest BCUT2D eigenvalue weighted by Crippen LogP contribution is 2.73. The standard InChI is InChI=1S/C21H27BrN2O3/c1-18-7-19(2)9-20(3,8-18)12-21(10-18,11-19)13-23-6-14-4-15(22)5-16(17(14)25)24(26)27/h4-6,25H,7-13H2,1-3H3. The zero-order chi connectivity index (χ0) is 19.7. The van der Waals surface area contributed by atoms with Crippen molar-refractivity contribution >= 4 is 27.8 Å². The molecule has 4 aliphatic rings. The number of hydrogen-bond donors (Lipinski definition) is 1. The number of rotatable bonds is 4. The first-order chi connectivity index (χ1) is 12.4. The Morgan fingerprint density at radius 3 is 2.11 bits per heavy atom. The summed E-state index contributed by atoms with van der Waals surface area (Å²) in [7, 11) is 0. The Labute approximate surface area is 168 Å². The van der Waals surface area contributed by atoms with Crippen molar-refractivity contribution in [2.45, 2.75) is 59.3 Å². The van der Waals surface area contributed by atoms with Gasteiger partial charge in [-0.05, 0) is 66.3 Å². The minimum absolute atomic E-state index is 0.219. The maximum Gasteiger partial charge on any atom is 0.312 e. The Hall–Kier alpha value is -1.43. The van der Waals surface area contributed by atoms with Crippen molar-refractivity contribution in [1.29, 1.82) is 0 Å². The molecule has 0 atom stereocenters. The van der Waals surface area contributed by atoms with E-state index in [0.29, 0.717) is 26.3 Å². The van der Waals surface area contributed by atoms with Crippen LogP contribution in [-0.2, 0) is 0 Å². The summed E-state index contributed by atoms with van der Waals surface area (Å²) in [6.07, 6.45) is 9.21. The molecule has 1 aromatic rings. The van der Waals surface area contributed by atoms with Crippen LogP contribution in [-0.4, -0.2) is 22.8 Å². The minimum atomic E-state index is -0.570. The summed E-state index contributed by atoms with van der Waals surface area (Å²) in [5, 5.41) is 21.3. The SMILES string of the molecule is CC12CC3(C)CC(C)(C1)CC(CN=Cc1cc(Br)cc([N+](=O)[O-])c1O)(C2)C3. The average Bonchev–Trinajstić information content (AvgIpc) is 2.45. The van der Waals surface area contributed by atoms with E-state index >= 15 is 0 Å². The Kier molecular flexibility index (Phi) is 4.05. The molecule has 4 saturated carbocycles. The number of benzene rings is 1. The van der Waals surface area contributed by atoms with Gasteiger partial charge >= 0.3 is 5.69 Å². The lowest BCUT2D eigenvalue weighted by atomic mass is 9.36. The summed E-state index contributed by atoms with van der Waals surface area (Å²) in [5.74, 6) is -0.316. The van der Waals surface area contributed by atoms with Crippen LogP contribution < -0.4 is 0 Å². The molecule has 146 valence electrons. The van der Waals surface area contributed by atoms with E-state index in [9.17, 15) is 15.2 Å². The van der Waals surface area contributed by atoms with Crippen molar-refractivity contribution in [3.8, 4) is 5.75 Å². The lowest BCUT2D eigenvalue weighted by molar-refractivity contribution is -0.385. The summed E-state index contributed by atoms with van der Waals surface area (Å²) in [5.41, 5.74) is 1.54. The van der Waals surface area contributed by atoms with Crippen molar-refractivity contribution in [2.75, 3.05) is 6.54 Å². The van der Waals surface area contributed by atoms with Crippen molar-refractivity contribution < 1.29 is 10.0 Å². The quantitative estimate of drug-likeness (QED) is 0.365. The van der Waals surface area contributed by atoms with Gasteiger partial charge in [0.15, 0.2) is 0 Å². The fourth-order valence-corrected chi connectivity index (χ4v) is 8.37. The molecular weight excluding hydrogens is 408 g/mol. The Bertz CT molecular complexity index is 797. The van der Waals surface area contributed by atoms with Gasteiger partial charge in [0.25, 0.3) is 0 Å². The molecule has 4 bridgehead atoms. The molecule has 5 nitrogen and oxygen atoms in total. The van der Waals surface area contributed by atoms with Crippen LogP contribution in [0.2, 0.25) is 0 Å². The van der Waals surface area contributed by atoms with Gasteiger partial charge in [0.2, 0.25) is 5.75 Å².